The number of nitrogens with one attached hydrogen (secondary N) is 1. The molecule has 1 aromatic heterocycles. The van der Waals surface area contributed by atoms with E-state index in [0.29, 0.717) is 50.2 Å². The quantitative estimate of drug-likeness (QED) is 0.531. The van der Waals surface area contributed by atoms with Crippen LogP contribution in [0.3, 0.4) is 0 Å². The van der Waals surface area contributed by atoms with E-state index in [2.05, 4.69) is 10.3 Å². The molecule has 4 rings (SSSR count). The van der Waals surface area contributed by atoms with Crippen LogP contribution < -0.4 is 10.1 Å². The summed E-state index contributed by atoms with van der Waals surface area (Å²) in [5.41, 5.74) is 2.52. The first-order valence-electron chi connectivity index (χ1n) is 11.5. The Kier molecular flexibility index (Phi) is 7.52. The second-order valence-corrected chi connectivity index (χ2v) is 8.38. The maximum Gasteiger partial charge on any atom is 0.253 e. The second-order valence-electron chi connectivity index (χ2n) is 8.38. The fourth-order valence-electron chi connectivity index (χ4n) is 4.19. The molecule has 1 N–H and O–H groups in total. The molecule has 2 amide bonds. The van der Waals surface area contributed by atoms with Crippen molar-refractivity contribution in [3.63, 3.8) is 0 Å². The molecule has 0 bridgehead atoms. The number of para-hydroxylation sites is 1. The Bertz CT molecular complexity index is 1140. The number of benzene rings is 2. The Hall–Kier alpha value is -3.74. The highest BCUT2D eigenvalue weighted by molar-refractivity contribution is 5.95. The molecule has 2 heterocycles. The van der Waals surface area contributed by atoms with Crippen molar-refractivity contribution in [1.29, 1.82) is 0 Å². The number of aromatic nitrogens is 1. The van der Waals surface area contributed by atoms with Crippen LogP contribution in [0.2, 0.25) is 0 Å². The van der Waals surface area contributed by atoms with Crippen LogP contribution >= 0.6 is 0 Å². The van der Waals surface area contributed by atoms with E-state index in [1.165, 1.54) is 12.1 Å². The Morgan fingerprint density at radius 3 is 2.56 bits per heavy atom. The van der Waals surface area contributed by atoms with Crippen LogP contribution in [-0.4, -0.2) is 47.9 Å². The summed E-state index contributed by atoms with van der Waals surface area (Å²) in [5.74, 6) is 0.0465. The molecule has 0 unspecified atom stereocenters. The molecular weight excluding hydrogens is 433 g/mol. The number of nitrogens with zero attached hydrogens (tertiary/aromatic N) is 2. The van der Waals surface area contributed by atoms with E-state index < -0.39 is 5.82 Å². The number of ether oxygens (including phenoxy) is 1. The van der Waals surface area contributed by atoms with Crippen LogP contribution in [-0.2, 0) is 0 Å². The second kappa shape index (κ2) is 10.9. The SMILES string of the molecule is Cc1ccc(C(=O)NCCOc2ccccc2)c(C2CCN(C(=O)c3cccc(F)c3)CC2)n1. The standard InChI is InChI=1S/C27H28FN3O3/c1-19-10-11-24(26(32)29-14-17-34-23-8-3-2-4-9-23)25(30-19)20-12-15-31(16-13-20)27(33)21-6-5-7-22(28)18-21/h2-11,18,20H,12-17H2,1H3,(H,29,32). The minimum atomic E-state index is -0.422. The smallest absolute Gasteiger partial charge is 0.253 e. The predicted octanol–water partition coefficient (Wildman–Crippen LogP) is 4.36. The molecule has 0 atom stereocenters. The molecule has 3 aromatic rings. The van der Waals surface area contributed by atoms with Crippen LogP contribution in [0, 0.1) is 12.7 Å². The molecule has 0 spiro atoms. The predicted molar refractivity (Wildman–Crippen MR) is 128 cm³/mol. The van der Waals surface area contributed by atoms with Gasteiger partial charge in [-0.2, -0.15) is 0 Å². The van der Waals surface area contributed by atoms with Crippen LogP contribution in [0.1, 0.15) is 50.9 Å². The lowest BCUT2D eigenvalue weighted by Gasteiger charge is -2.32. The van der Waals surface area contributed by atoms with Crippen LogP contribution in [0.15, 0.2) is 66.7 Å². The zero-order valence-corrected chi connectivity index (χ0v) is 19.2. The van der Waals surface area contributed by atoms with E-state index in [4.69, 9.17) is 4.74 Å². The summed E-state index contributed by atoms with van der Waals surface area (Å²) in [6, 6.07) is 18.9. The van der Waals surface area contributed by atoms with Crippen molar-refractivity contribution < 1.29 is 18.7 Å². The molecule has 2 aromatic carbocycles. The number of rotatable bonds is 7. The molecule has 1 aliphatic heterocycles. The van der Waals surface area contributed by atoms with Gasteiger partial charge < -0.3 is 15.0 Å². The fourth-order valence-corrected chi connectivity index (χ4v) is 4.19. The Labute approximate surface area is 198 Å². The lowest BCUT2D eigenvalue weighted by atomic mass is 9.89. The van der Waals surface area contributed by atoms with Crippen molar-refractivity contribution in [1.82, 2.24) is 15.2 Å². The summed E-state index contributed by atoms with van der Waals surface area (Å²) < 4.78 is 19.2. The molecule has 34 heavy (non-hydrogen) atoms. The first-order valence-corrected chi connectivity index (χ1v) is 11.5. The van der Waals surface area contributed by atoms with Gasteiger partial charge in [0, 0.05) is 30.3 Å². The summed E-state index contributed by atoms with van der Waals surface area (Å²) in [7, 11) is 0. The maximum absolute atomic E-state index is 13.5. The summed E-state index contributed by atoms with van der Waals surface area (Å²) in [4.78, 5) is 32.1. The van der Waals surface area contributed by atoms with Gasteiger partial charge in [-0.05, 0) is 62.2 Å². The third-order valence-electron chi connectivity index (χ3n) is 5.95. The third kappa shape index (κ3) is 5.78. The van der Waals surface area contributed by atoms with E-state index in [9.17, 15) is 14.0 Å². The number of aryl methyl sites for hydroxylation is 1. The monoisotopic (exact) mass is 461 g/mol. The minimum absolute atomic E-state index is 0.0674. The number of hydrogen-bond donors (Lipinski definition) is 1. The summed E-state index contributed by atoms with van der Waals surface area (Å²) in [6.45, 7) is 3.71. The molecule has 6 nitrogen and oxygen atoms in total. The van der Waals surface area contributed by atoms with Crippen molar-refractivity contribution in [2.45, 2.75) is 25.7 Å². The van der Waals surface area contributed by atoms with Crippen LogP contribution in [0.4, 0.5) is 4.39 Å². The molecule has 0 radical (unpaired) electrons. The number of likely N-dealkylation sites (tertiary alicyclic amines) is 1. The number of halogens is 1. The Balaban J connectivity index is 1.36. The zero-order valence-electron chi connectivity index (χ0n) is 19.2. The Morgan fingerprint density at radius 1 is 1.06 bits per heavy atom. The van der Waals surface area contributed by atoms with Crippen molar-refractivity contribution >= 4 is 11.8 Å². The number of amides is 2. The highest BCUT2D eigenvalue weighted by Gasteiger charge is 2.28. The van der Waals surface area contributed by atoms with Gasteiger partial charge in [-0.25, -0.2) is 4.39 Å². The summed E-state index contributed by atoms with van der Waals surface area (Å²) >= 11 is 0. The lowest BCUT2D eigenvalue weighted by Crippen LogP contribution is -2.38. The number of pyridine rings is 1. The van der Waals surface area contributed by atoms with Crippen molar-refractivity contribution in [3.05, 3.63) is 95.1 Å². The Morgan fingerprint density at radius 2 is 1.82 bits per heavy atom. The average molecular weight is 462 g/mol. The number of hydrogen-bond acceptors (Lipinski definition) is 4. The van der Waals surface area contributed by atoms with Gasteiger partial charge in [0.15, 0.2) is 0 Å². The molecule has 7 heteroatoms. The summed E-state index contributed by atoms with van der Waals surface area (Å²) in [6.07, 6.45) is 1.38. The lowest BCUT2D eigenvalue weighted by molar-refractivity contribution is 0.0710. The molecule has 0 saturated carbocycles. The van der Waals surface area contributed by atoms with Gasteiger partial charge in [0.2, 0.25) is 0 Å². The zero-order chi connectivity index (χ0) is 23.9. The van der Waals surface area contributed by atoms with Crippen LogP contribution in [0.25, 0.3) is 0 Å². The molecule has 176 valence electrons. The van der Waals surface area contributed by atoms with Gasteiger partial charge in [-0.3, -0.25) is 14.6 Å². The normalized spacial score (nSPS) is 14.0. The van der Waals surface area contributed by atoms with E-state index in [-0.39, 0.29) is 17.7 Å². The first kappa shape index (κ1) is 23.4. The topological polar surface area (TPSA) is 71.5 Å². The van der Waals surface area contributed by atoms with Gasteiger partial charge in [0.05, 0.1) is 17.8 Å². The summed E-state index contributed by atoms with van der Waals surface area (Å²) in [5, 5.41) is 2.92. The highest BCUT2D eigenvalue weighted by atomic mass is 19.1. The van der Waals surface area contributed by atoms with Gasteiger partial charge in [-0.15, -0.1) is 0 Å². The van der Waals surface area contributed by atoms with Gasteiger partial charge in [0.1, 0.15) is 18.2 Å². The molecule has 1 fully saturated rings. The van der Waals surface area contributed by atoms with Crippen molar-refractivity contribution in [2.75, 3.05) is 26.2 Å². The third-order valence-corrected chi connectivity index (χ3v) is 5.95. The van der Waals surface area contributed by atoms with Gasteiger partial charge in [0.25, 0.3) is 11.8 Å². The number of piperidine rings is 1. The average Bonchev–Trinajstić information content (AvgIpc) is 2.87. The largest absolute Gasteiger partial charge is 0.492 e. The number of carbonyl (C=O) groups excluding carboxylic acids is 2. The van der Waals surface area contributed by atoms with Gasteiger partial charge >= 0.3 is 0 Å². The first-order chi connectivity index (χ1) is 16.5. The number of carbonyl (C=O) groups is 2. The highest BCUT2D eigenvalue weighted by Crippen LogP contribution is 2.30. The minimum Gasteiger partial charge on any atom is -0.492 e. The molecule has 1 aliphatic rings. The van der Waals surface area contributed by atoms with Crippen LogP contribution in [0.5, 0.6) is 5.75 Å². The fraction of sp³-hybridized carbons (Fsp3) is 0.296. The van der Waals surface area contributed by atoms with Crippen molar-refractivity contribution in [2.24, 2.45) is 0 Å². The van der Waals surface area contributed by atoms with Gasteiger partial charge in [-0.1, -0.05) is 24.3 Å². The maximum atomic E-state index is 13.5. The van der Waals surface area contributed by atoms with E-state index in [1.54, 1.807) is 17.0 Å². The molecule has 1 saturated heterocycles. The molecule has 0 aliphatic carbocycles. The molecular formula is C27H28FN3O3. The van der Waals surface area contributed by atoms with E-state index >= 15 is 0 Å². The van der Waals surface area contributed by atoms with E-state index in [1.807, 2.05) is 49.4 Å². The van der Waals surface area contributed by atoms with E-state index in [0.717, 1.165) is 17.1 Å². The van der Waals surface area contributed by atoms with Crippen molar-refractivity contribution in [3.8, 4) is 5.75 Å².